The zero-order chi connectivity index (χ0) is 27.1. The summed E-state index contributed by atoms with van der Waals surface area (Å²) in [7, 11) is 0. The van der Waals surface area contributed by atoms with Crippen LogP contribution in [0.25, 0.3) is 22.6 Å². The van der Waals surface area contributed by atoms with Gasteiger partial charge in [0.15, 0.2) is 0 Å². The zero-order valence-corrected chi connectivity index (χ0v) is 21.0. The highest BCUT2D eigenvalue weighted by Crippen LogP contribution is 2.45. The molecule has 5 nitrogen and oxygen atoms in total. The maximum atomic E-state index is 13.1. The van der Waals surface area contributed by atoms with E-state index in [1.165, 1.54) is 12.1 Å². The van der Waals surface area contributed by atoms with Crippen molar-refractivity contribution in [3.63, 3.8) is 0 Å². The highest BCUT2D eigenvalue weighted by molar-refractivity contribution is 6.33. The number of halogens is 4. The second-order valence-corrected chi connectivity index (χ2v) is 9.65. The molecule has 0 saturated heterocycles. The molecule has 2 aromatic heterocycles. The maximum Gasteiger partial charge on any atom is 0.416 e. The minimum absolute atomic E-state index is 0.339. The van der Waals surface area contributed by atoms with Crippen LogP contribution in [0.4, 0.5) is 13.2 Å². The highest BCUT2D eigenvalue weighted by Gasteiger charge is 2.38. The van der Waals surface area contributed by atoms with Gasteiger partial charge in [-0.05, 0) is 59.5 Å². The number of carbonyl (C=O) groups excluding carboxylic acids is 1. The summed E-state index contributed by atoms with van der Waals surface area (Å²) in [6, 6.07) is 14.2. The van der Waals surface area contributed by atoms with Crippen molar-refractivity contribution < 1.29 is 18.0 Å². The molecular weight excluding hydrogens is 513 g/mol. The molecule has 5 rings (SSSR count). The molecule has 2 N–H and O–H groups in total. The van der Waals surface area contributed by atoms with Crippen LogP contribution in [0.2, 0.25) is 5.02 Å². The molecule has 0 spiro atoms. The Bertz CT molecular complexity index is 1570. The van der Waals surface area contributed by atoms with Crippen LogP contribution < -0.4 is 5.73 Å². The number of hydrogen-bond acceptors (Lipinski definition) is 3. The zero-order valence-electron chi connectivity index (χ0n) is 20.2. The summed E-state index contributed by atoms with van der Waals surface area (Å²) >= 11 is 6.63. The fraction of sp³-hybridized carbons (Fsp3) is 0.138. The van der Waals surface area contributed by atoms with Crippen LogP contribution >= 0.6 is 11.6 Å². The Morgan fingerprint density at radius 1 is 1.08 bits per heavy atom. The van der Waals surface area contributed by atoms with Crippen molar-refractivity contribution >= 4 is 23.1 Å². The number of amides is 1. The van der Waals surface area contributed by atoms with Gasteiger partial charge in [0.2, 0.25) is 5.91 Å². The molecule has 0 radical (unpaired) electrons. The van der Waals surface area contributed by atoms with Crippen LogP contribution in [0, 0.1) is 0 Å². The van der Waals surface area contributed by atoms with Crippen LogP contribution in [0.15, 0.2) is 97.1 Å². The predicted octanol–water partition coefficient (Wildman–Crippen LogP) is 6.76. The molecule has 192 valence electrons. The van der Waals surface area contributed by atoms with Gasteiger partial charge in [0.05, 0.1) is 22.5 Å². The number of nitrogens with two attached hydrogens (primary N) is 1. The molecule has 1 aliphatic carbocycles. The normalized spacial score (nSPS) is 17.6. The van der Waals surface area contributed by atoms with Gasteiger partial charge in [0.1, 0.15) is 5.82 Å². The van der Waals surface area contributed by atoms with Gasteiger partial charge in [-0.1, -0.05) is 48.9 Å². The first-order valence-corrected chi connectivity index (χ1v) is 12.1. The first-order chi connectivity index (χ1) is 18.1. The molecule has 0 bridgehead atoms. The van der Waals surface area contributed by atoms with Gasteiger partial charge < -0.3 is 5.73 Å². The van der Waals surface area contributed by atoms with Crippen LogP contribution in [0.1, 0.15) is 30.0 Å². The van der Waals surface area contributed by atoms with Gasteiger partial charge >= 0.3 is 6.18 Å². The Labute approximate surface area is 222 Å². The molecular formula is C29H22ClF3N4O. The van der Waals surface area contributed by atoms with Crippen LogP contribution in [0.3, 0.4) is 0 Å². The third-order valence-electron chi connectivity index (χ3n) is 6.85. The quantitative estimate of drug-likeness (QED) is 0.307. The van der Waals surface area contributed by atoms with Crippen molar-refractivity contribution in [1.82, 2.24) is 14.5 Å². The number of alkyl halides is 3. The second-order valence-electron chi connectivity index (χ2n) is 9.25. The standard InChI is InChI=1S/C29H22ClF3N4O/c1-28(16-19(6-10-24(28)26(34)38)18-4-7-20(8-5-18)29(31,32)33)21-9-11-25(30)23(15-21)27-36-13-14-37(27)22-3-2-12-35-17-22/h2-15,17H,16H2,1H3,(H2,34,38). The van der Waals surface area contributed by atoms with Gasteiger partial charge in [-0.3, -0.25) is 14.3 Å². The first kappa shape index (κ1) is 25.5. The molecule has 4 aromatic rings. The topological polar surface area (TPSA) is 73.8 Å². The lowest BCUT2D eigenvalue weighted by molar-refractivity contribution is -0.137. The number of pyridine rings is 1. The van der Waals surface area contributed by atoms with Crippen molar-refractivity contribution in [3.05, 3.63) is 119 Å². The largest absolute Gasteiger partial charge is 0.416 e. The van der Waals surface area contributed by atoms with E-state index in [-0.39, 0.29) is 0 Å². The van der Waals surface area contributed by atoms with E-state index in [1.807, 2.05) is 35.8 Å². The van der Waals surface area contributed by atoms with E-state index in [2.05, 4.69) is 9.97 Å². The van der Waals surface area contributed by atoms with E-state index >= 15 is 0 Å². The van der Waals surface area contributed by atoms with Crippen molar-refractivity contribution in [2.75, 3.05) is 0 Å². The van der Waals surface area contributed by atoms with E-state index in [0.29, 0.717) is 34.0 Å². The van der Waals surface area contributed by atoms with Crippen LogP contribution in [-0.2, 0) is 16.4 Å². The molecule has 0 fully saturated rings. The van der Waals surface area contributed by atoms with Gasteiger partial charge in [-0.2, -0.15) is 13.2 Å². The average Bonchev–Trinajstić information content (AvgIpc) is 3.38. The van der Waals surface area contributed by atoms with Crippen LogP contribution in [-0.4, -0.2) is 20.4 Å². The van der Waals surface area contributed by atoms with E-state index in [1.54, 1.807) is 43.0 Å². The number of aromatic nitrogens is 3. The summed E-state index contributed by atoms with van der Waals surface area (Å²) < 4.78 is 41.1. The Morgan fingerprint density at radius 2 is 1.84 bits per heavy atom. The second kappa shape index (κ2) is 9.61. The van der Waals surface area contributed by atoms with E-state index in [9.17, 15) is 18.0 Å². The molecule has 1 unspecified atom stereocenters. The number of benzene rings is 2. The van der Waals surface area contributed by atoms with Crippen molar-refractivity contribution in [2.45, 2.75) is 24.9 Å². The maximum absolute atomic E-state index is 13.1. The third-order valence-corrected chi connectivity index (χ3v) is 7.18. The summed E-state index contributed by atoms with van der Waals surface area (Å²) in [4.78, 5) is 21.2. The monoisotopic (exact) mass is 534 g/mol. The SMILES string of the molecule is CC1(c2ccc(Cl)c(-c3nccn3-c3cccnc3)c2)CC(c2ccc(C(F)(F)F)cc2)=CC=C1C(N)=O. The molecule has 0 saturated carbocycles. The van der Waals surface area contributed by atoms with Gasteiger partial charge in [0.25, 0.3) is 0 Å². The fourth-order valence-corrected chi connectivity index (χ4v) is 5.04. The van der Waals surface area contributed by atoms with Crippen molar-refractivity contribution in [1.29, 1.82) is 0 Å². The lowest BCUT2D eigenvalue weighted by Crippen LogP contribution is -2.34. The number of nitrogens with zero attached hydrogens (tertiary/aromatic N) is 3. The average molecular weight is 535 g/mol. The Kier molecular flexibility index (Phi) is 6.44. The molecule has 9 heteroatoms. The van der Waals surface area contributed by atoms with Crippen molar-refractivity contribution in [2.24, 2.45) is 5.73 Å². The van der Waals surface area contributed by atoms with Gasteiger partial charge in [-0.25, -0.2) is 4.98 Å². The van der Waals surface area contributed by atoms with Crippen LogP contribution in [0.5, 0.6) is 0 Å². The summed E-state index contributed by atoms with van der Waals surface area (Å²) in [6.45, 7) is 1.89. The smallest absolute Gasteiger partial charge is 0.366 e. The number of rotatable bonds is 5. The van der Waals surface area contributed by atoms with E-state index in [4.69, 9.17) is 17.3 Å². The number of hydrogen-bond donors (Lipinski definition) is 1. The summed E-state index contributed by atoms with van der Waals surface area (Å²) in [5, 5.41) is 0.465. The summed E-state index contributed by atoms with van der Waals surface area (Å²) in [5.41, 5.74) is 8.20. The lowest BCUT2D eigenvalue weighted by Gasteiger charge is -2.35. The fourth-order valence-electron chi connectivity index (χ4n) is 4.83. The molecule has 1 aliphatic rings. The molecule has 1 atom stereocenters. The van der Waals surface area contributed by atoms with Gasteiger partial charge in [-0.15, -0.1) is 0 Å². The Morgan fingerprint density at radius 3 is 2.50 bits per heavy atom. The number of imidazole rings is 1. The molecule has 2 aromatic carbocycles. The third kappa shape index (κ3) is 4.63. The number of carbonyl (C=O) groups is 1. The highest BCUT2D eigenvalue weighted by atomic mass is 35.5. The lowest BCUT2D eigenvalue weighted by atomic mass is 9.67. The Balaban J connectivity index is 1.57. The van der Waals surface area contributed by atoms with Gasteiger partial charge in [0, 0.05) is 35.1 Å². The molecule has 0 aliphatic heterocycles. The number of allylic oxidation sites excluding steroid dienone is 3. The minimum atomic E-state index is -4.42. The van der Waals surface area contributed by atoms with E-state index < -0.39 is 23.1 Å². The summed E-state index contributed by atoms with van der Waals surface area (Å²) in [5.74, 6) is 0.0101. The minimum Gasteiger partial charge on any atom is -0.366 e. The summed E-state index contributed by atoms with van der Waals surface area (Å²) in [6.07, 6.45) is 6.14. The molecule has 1 amide bonds. The van der Waals surface area contributed by atoms with Crippen molar-refractivity contribution in [3.8, 4) is 17.1 Å². The Hall–Kier alpha value is -4.17. The molecule has 2 heterocycles. The van der Waals surface area contributed by atoms with E-state index in [0.717, 1.165) is 29.0 Å². The molecule has 38 heavy (non-hydrogen) atoms. The first-order valence-electron chi connectivity index (χ1n) is 11.7. The predicted molar refractivity (Wildman–Crippen MR) is 140 cm³/mol. The number of primary amides is 1.